The number of hydrogen-bond donors (Lipinski definition) is 4. The van der Waals surface area contributed by atoms with Crippen molar-refractivity contribution in [2.24, 2.45) is 11.3 Å². The lowest BCUT2D eigenvalue weighted by Crippen LogP contribution is -2.69. The van der Waals surface area contributed by atoms with Gasteiger partial charge >= 0.3 is 0 Å². The molecule has 0 radical (unpaired) electrons. The third-order valence-corrected chi connectivity index (χ3v) is 8.92. The van der Waals surface area contributed by atoms with Crippen LogP contribution in [0, 0.1) is 23.7 Å². The summed E-state index contributed by atoms with van der Waals surface area (Å²) in [6.07, 6.45) is 17.4. The van der Waals surface area contributed by atoms with Crippen LogP contribution in [0.3, 0.4) is 0 Å². The first-order valence-electron chi connectivity index (χ1n) is 14.2. The Hall–Kier alpha value is -3.99. The Morgan fingerprint density at radius 2 is 2.00 bits per heavy atom. The van der Waals surface area contributed by atoms with Crippen molar-refractivity contribution in [1.29, 1.82) is 0 Å². The van der Waals surface area contributed by atoms with E-state index in [2.05, 4.69) is 99.8 Å². The van der Waals surface area contributed by atoms with E-state index in [9.17, 15) is 0 Å². The quantitative estimate of drug-likeness (QED) is 0.185. The number of rotatable bonds is 7. The Labute approximate surface area is 245 Å². The minimum atomic E-state index is -0.186. The van der Waals surface area contributed by atoms with Gasteiger partial charge in [0.25, 0.3) is 0 Å². The van der Waals surface area contributed by atoms with E-state index < -0.39 is 0 Å². The molecule has 0 unspecified atom stereocenters. The maximum absolute atomic E-state index is 6.88. The number of aromatic nitrogens is 2. The minimum Gasteiger partial charge on any atom is -0.383 e. The van der Waals surface area contributed by atoms with Crippen LogP contribution in [0.2, 0.25) is 5.02 Å². The lowest BCUT2D eigenvalue weighted by molar-refractivity contribution is -0.141. The third kappa shape index (κ3) is 4.52. The predicted molar refractivity (Wildman–Crippen MR) is 167 cm³/mol. The number of halogens is 1. The smallest absolute Gasteiger partial charge is 0.0950 e. The average molecular weight is 564 g/mol. The van der Waals surface area contributed by atoms with Gasteiger partial charge < -0.3 is 16.1 Å². The fourth-order valence-corrected chi connectivity index (χ4v) is 6.61. The minimum absolute atomic E-state index is 0.0648. The highest BCUT2D eigenvalue weighted by molar-refractivity contribution is 6.35. The molecule has 2 aromatic carbocycles. The highest BCUT2D eigenvalue weighted by Gasteiger charge is 2.60. The number of hydrazine groups is 2. The van der Waals surface area contributed by atoms with Crippen molar-refractivity contribution in [3.8, 4) is 12.3 Å². The highest BCUT2D eigenvalue weighted by Crippen LogP contribution is 2.60. The summed E-state index contributed by atoms with van der Waals surface area (Å²) < 4.78 is 0. The molecular formula is C33H34ClN7. The molecule has 1 atom stereocenters. The first kappa shape index (κ1) is 25.9. The van der Waals surface area contributed by atoms with E-state index in [1.807, 2.05) is 18.5 Å². The van der Waals surface area contributed by atoms with Crippen LogP contribution in [0.5, 0.6) is 0 Å². The van der Waals surface area contributed by atoms with Crippen molar-refractivity contribution in [2.75, 3.05) is 17.2 Å². The van der Waals surface area contributed by atoms with Crippen LogP contribution >= 0.6 is 11.6 Å². The van der Waals surface area contributed by atoms with E-state index in [1.54, 1.807) is 6.20 Å². The van der Waals surface area contributed by atoms with Crippen LogP contribution in [0.4, 0.5) is 11.4 Å². The predicted octanol–water partition coefficient (Wildman–Crippen LogP) is 6.75. The first-order valence-corrected chi connectivity index (χ1v) is 14.6. The molecule has 7 nitrogen and oxygen atoms in total. The fraction of sp³-hybridized carbons (Fsp3) is 0.333. The summed E-state index contributed by atoms with van der Waals surface area (Å²) in [4.78, 5) is 8.97. The van der Waals surface area contributed by atoms with Gasteiger partial charge in [-0.25, -0.2) is 0 Å². The van der Waals surface area contributed by atoms with Gasteiger partial charge in [-0.15, -0.1) is 12.0 Å². The molecule has 41 heavy (non-hydrogen) atoms. The Morgan fingerprint density at radius 3 is 2.73 bits per heavy atom. The summed E-state index contributed by atoms with van der Waals surface area (Å²) in [5.41, 5.74) is 12.6. The SMILES string of the molecule is C#Cc1cnc2c(Cl)cc(N[C@H](C3=CN(C45CC(C4)C5)NN3)c3cccc4cnccc34)cc2c1NCC(C)(C)C. The van der Waals surface area contributed by atoms with E-state index in [0.29, 0.717) is 10.6 Å². The lowest BCUT2D eigenvalue weighted by atomic mass is 9.49. The molecule has 2 bridgehead atoms. The van der Waals surface area contributed by atoms with Crippen molar-refractivity contribution in [3.63, 3.8) is 0 Å². The molecule has 3 saturated carbocycles. The van der Waals surface area contributed by atoms with Gasteiger partial charge in [0, 0.05) is 47.8 Å². The number of pyridine rings is 2. The average Bonchev–Trinajstić information content (AvgIpc) is 3.37. The summed E-state index contributed by atoms with van der Waals surface area (Å²) in [6.45, 7) is 7.32. The van der Waals surface area contributed by atoms with E-state index in [0.717, 1.165) is 56.8 Å². The number of fused-ring (bicyclic) bond motifs is 2. The van der Waals surface area contributed by atoms with Crippen molar-refractivity contribution >= 4 is 44.7 Å². The summed E-state index contributed by atoms with van der Waals surface area (Å²) in [5, 5.41) is 13.4. The molecule has 3 aliphatic carbocycles. The summed E-state index contributed by atoms with van der Waals surface area (Å²) in [6, 6.07) is 12.3. The van der Waals surface area contributed by atoms with Crippen LogP contribution in [0.15, 0.2) is 66.9 Å². The second kappa shape index (κ2) is 9.54. The van der Waals surface area contributed by atoms with Gasteiger partial charge in [-0.05, 0) is 59.7 Å². The second-order valence-electron chi connectivity index (χ2n) is 12.9. The Kier molecular flexibility index (Phi) is 6.04. The number of nitrogens with zero attached hydrogens (tertiary/aromatic N) is 3. The standard InChI is InChI=1S/C33H34ClN7/c1-5-21-17-36-30-26(29(21)37-19-32(2,3)4)11-23(12-27(30)34)38-31(25-8-6-7-22-16-35-10-9-24(22)25)28-18-41(40-39-28)33-13-20(14-33)15-33/h1,6-12,16-18,20,31,38-40H,13-15,19H2,2-4H3,(H,36,37)/t20?,31-,33?/m0/s1. The van der Waals surface area contributed by atoms with Crippen LogP contribution in [-0.4, -0.2) is 27.1 Å². The fourth-order valence-electron chi connectivity index (χ4n) is 6.34. The maximum Gasteiger partial charge on any atom is 0.0950 e. The van der Waals surface area contributed by atoms with E-state index in [-0.39, 0.29) is 17.0 Å². The number of benzene rings is 2. The zero-order valence-corrected chi connectivity index (χ0v) is 24.3. The molecule has 1 aliphatic heterocycles. The molecule has 4 N–H and O–H groups in total. The molecule has 0 amide bonds. The summed E-state index contributed by atoms with van der Waals surface area (Å²) in [7, 11) is 0. The van der Waals surface area contributed by atoms with E-state index in [1.165, 1.54) is 19.3 Å². The normalized spacial score (nSPS) is 21.9. The van der Waals surface area contributed by atoms with E-state index >= 15 is 0 Å². The van der Waals surface area contributed by atoms with Crippen LogP contribution in [0.1, 0.15) is 57.2 Å². The molecule has 8 rings (SSSR count). The molecule has 3 heterocycles. The molecular weight excluding hydrogens is 530 g/mol. The summed E-state index contributed by atoms with van der Waals surface area (Å²) >= 11 is 6.88. The number of nitrogens with one attached hydrogen (secondary N) is 4. The molecule has 4 aliphatic rings. The topological polar surface area (TPSA) is 77.1 Å². The zero-order chi connectivity index (χ0) is 28.4. The van der Waals surface area contributed by atoms with Crippen LogP contribution in [-0.2, 0) is 0 Å². The monoisotopic (exact) mass is 563 g/mol. The Balaban J connectivity index is 1.32. The number of hydrogen-bond acceptors (Lipinski definition) is 7. The molecule has 4 aromatic rings. The summed E-state index contributed by atoms with van der Waals surface area (Å²) in [5.74, 6) is 3.69. The van der Waals surface area contributed by atoms with Crippen LogP contribution in [0.25, 0.3) is 21.7 Å². The van der Waals surface area contributed by atoms with Crippen molar-refractivity contribution in [2.45, 2.75) is 51.6 Å². The van der Waals surface area contributed by atoms with Gasteiger partial charge in [0.2, 0.25) is 0 Å². The van der Waals surface area contributed by atoms with Gasteiger partial charge in [0.1, 0.15) is 0 Å². The van der Waals surface area contributed by atoms with Gasteiger partial charge in [0.05, 0.1) is 39.1 Å². The van der Waals surface area contributed by atoms with Gasteiger partial charge in [-0.2, -0.15) is 0 Å². The largest absolute Gasteiger partial charge is 0.383 e. The Morgan fingerprint density at radius 1 is 1.17 bits per heavy atom. The van der Waals surface area contributed by atoms with Crippen molar-refractivity contribution in [3.05, 3.63) is 83.0 Å². The number of terminal acetylenes is 1. The first-order chi connectivity index (χ1) is 19.7. The van der Waals surface area contributed by atoms with E-state index in [4.69, 9.17) is 18.0 Å². The van der Waals surface area contributed by atoms with Gasteiger partial charge in [0.15, 0.2) is 0 Å². The second-order valence-corrected chi connectivity index (χ2v) is 13.3. The van der Waals surface area contributed by atoms with Gasteiger partial charge in [-0.1, -0.05) is 56.5 Å². The third-order valence-electron chi connectivity index (χ3n) is 8.63. The van der Waals surface area contributed by atoms with Gasteiger partial charge in [-0.3, -0.25) is 15.0 Å². The molecule has 8 heteroatoms. The molecule has 0 saturated heterocycles. The van der Waals surface area contributed by atoms with Crippen LogP contribution < -0.4 is 21.6 Å². The molecule has 208 valence electrons. The zero-order valence-electron chi connectivity index (χ0n) is 23.6. The molecule has 3 fully saturated rings. The number of anilines is 2. The van der Waals surface area contributed by atoms with Crippen molar-refractivity contribution < 1.29 is 0 Å². The lowest BCUT2D eigenvalue weighted by Gasteiger charge is -2.64. The molecule has 2 aromatic heterocycles. The molecule has 0 spiro atoms. The highest BCUT2D eigenvalue weighted by atomic mass is 35.5. The maximum atomic E-state index is 6.88. The Bertz CT molecular complexity index is 1730. The van der Waals surface area contributed by atoms with Crippen molar-refractivity contribution in [1.82, 2.24) is 25.9 Å².